The molecule has 7 rings (SSSR count). The van der Waals surface area contributed by atoms with Gasteiger partial charge in [-0.3, -0.25) is 0 Å². The van der Waals surface area contributed by atoms with E-state index in [0.29, 0.717) is 30.4 Å². The lowest BCUT2D eigenvalue weighted by molar-refractivity contribution is 0.0526. The van der Waals surface area contributed by atoms with Gasteiger partial charge in [-0.15, -0.1) is 15.0 Å². The summed E-state index contributed by atoms with van der Waals surface area (Å²) in [5.41, 5.74) is 6.69. The number of tetrazole rings is 1. The number of nitrogens with zero attached hydrogens (tertiary/aromatic N) is 6. The Bertz CT molecular complexity index is 2120. The van der Waals surface area contributed by atoms with Gasteiger partial charge in [-0.1, -0.05) is 146 Å². The Labute approximate surface area is 304 Å². The van der Waals surface area contributed by atoms with E-state index in [9.17, 15) is 4.79 Å². The highest BCUT2D eigenvalue weighted by Crippen LogP contribution is 2.40. The number of anilines is 1. The minimum Gasteiger partial charge on any atom is -0.462 e. The molecule has 258 valence electrons. The minimum atomic E-state index is -0.864. The molecule has 0 N–H and O–H groups in total. The number of carbonyl (C=O) groups is 1. The Kier molecular flexibility index (Phi) is 10.2. The molecule has 0 saturated heterocycles. The molecule has 0 spiro atoms. The summed E-state index contributed by atoms with van der Waals surface area (Å²) in [4.78, 5) is 21.2. The molecular formula is C44H40N6O2. The first-order valence-corrected chi connectivity index (χ1v) is 17.7. The van der Waals surface area contributed by atoms with Crippen molar-refractivity contribution >= 4 is 11.8 Å². The average molecular weight is 685 g/mol. The van der Waals surface area contributed by atoms with E-state index in [4.69, 9.17) is 20.1 Å². The maximum absolute atomic E-state index is 12.7. The summed E-state index contributed by atoms with van der Waals surface area (Å²) in [6.07, 6.45) is 2.62. The van der Waals surface area contributed by atoms with Crippen LogP contribution in [-0.4, -0.2) is 44.3 Å². The minimum absolute atomic E-state index is 0.309. The summed E-state index contributed by atoms with van der Waals surface area (Å²) in [7, 11) is 0. The number of esters is 1. The highest BCUT2D eigenvalue weighted by Gasteiger charge is 2.41. The van der Waals surface area contributed by atoms with Gasteiger partial charge in [-0.2, -0.15) is 0 Å². The van der Waals surface area contributed by atoms with Gasteiger partial charge in [-0.05, 0) is 64.1 Å². The van der Waals surface area contributed by atoms with Gasteiger partial charge < -0.3 is 9.64 Å². The topological polar surface area (TPSA) is 86.0 Å². The SMILES string of the molecule is CCCN(Cc1ccc(-c2ccccc2-c2nnn(C(c3ccccc3)(c3ccccc3)c3ccccc3)n2)cc1)c1ncccc1C(=O)OCC. The second kappa shape index (κ2) is 15.6. The maximum Gasteiger partial charge on any atom is 0.341 e. The molecule has 7 aromatic rings. The number of benzene rings is 5. The van der Waals surface area contributed by atoms with E-state index in [2.05, 4.69) is 83.5 Å². The van der Waals surface area contributed by atoms with Crippen LogP contribution in [0.15, 0.2) is 158 Å². The second-order valence-electron chi connectivity index (χ2n) is 12.5. The molecule has 0 aliphatic heterocycles. The van der Waals surface area contributed by atoms with Gasteiger partial charge >= 0.3 is 5.97 Å². The van der Waals surface area contributed by atoms with Crippen LogP contribution in [0.5, 0.6) is 0 Å². The van der Waals surface area contributed by atoms with Gasteiger partial charge in [0.1, 0.15) is 11.4 Å². The van der Waals surface area contributed by atoms with E-state index in [0.717, 1.165) is 51.9 Å². The Hall–Kier alpha value is -6.41. The summed E-state index contributed by atoms with van der Waals surface area (Å²) in [5, 5.41) is 14.6. The fourth-order valence-electron chi connectivity index (χ4n) is 6.84. The lowest BCUT2D eigenvalue weighted by Gasteiger charge is -2.34. The lowest BCUT2D eigenvalue weighted by Crippen LogP contribution is -2.39. The van der Waals surface area contributed by atoms with E-state index in [1.165, 1.54) is 0 Å². The van der Waals surface area contributed by atoms with Crippen LogP contribution in [0, 0.1) is 0 Å². The van der Waals surface area contributed by atoms with Crippen molar-refractivity contribution < 1.29 is 9.53 Å². The fraction of sp³-hybridized carbons (Fsp3) is 0.159. The molecule has 0 bridgehead atoms. The molecule has 5 aromatic carbocycles. The molecule has 0 unspecified atom stereocenters. The van der Waals surface area contributed by atoms with Crippen LogP contribution >= 0.6 is 0 Å². The van der Waals surface area contributed by atoms with Crippen molar-refractivity contribution in [3.63, 3.8) is 0 Å². The smallest absolute Gasteiger partial charge is 0.341 e. The first-order chi connectivity index (χ1) is 25.6. The third kappa shape index (κ3) is 6.71. The van der Waals surface area contributed by atoms with Crippen molar-refractivity contribution in [2.75, 3.05) is 18.1 Å². The van der Waals surface area contributed by atoms with Crippen molar-refractivity contribution in [3.8, 4) is 22.5 Å². The van der Waals surface area contributed by atoms with Crippen molar-refractivity contribution in [1.82, 2.24) is 25.2 Å². The highest BCUT2D eigenvalue weighted by atomic mass is 16.5. The van der Waals surface area contributed by atoms with Crippen molar-refractivity contribution in [1.29, 1.82) is 0 Å². The first kappa shape index (κ1) is 34.1. The second-order valence-corrected chi connectivity index (χ2v) is 12.5. The predicted molar refractivity (Wildman–Crippen MR) is 205 cm³/mol. The molecular weight excluding hydrogens is 645 g/mol. The molecule has 0 radical (unpaired) electrons. The molecule has 0 saturated carbocycles. The molecule has 2 heterocycles. The quantitative estimate of drug-likeness (QED) is 0.0886. The number of rotatable bonds is 13. The number of pyridine rings is 1. The molecule has 8 heteroatoms. The zero-order valence-corrected chi connectivity index (χ0v) is 29.3. The Morgan fingerprint density at radius 2 is 1.27 bits per heavy atom. The van der Waals surface area contributed by atoms with Crippen LogP contribution in [0.2, 0.25) is 0 Å². The van der Waals surface area contributed by atoms with Crippen LogP contribution < -0.4 is 4.90 Å². The third-order valence-corrected chi connectivity index (χ3v) is 9.17. The number of carbonyl (C=O) groups excluding carboxylic acids is 1. The Morgan fingerprint density at radius 1 is 0.692 bits per heavy atom. The molecule has 8 nitrogen and oxygen atoms in total. The van der Waals surface area contributed by atoms with Gasteiger partial charge in [0.05, 0.1) is 6.61 Å². The van der Waals surface area contributed by atoms with E-state index < -0.39 is 5.54 Å². The summed E-state index contributed by atoms with van der Waals surface area (Å²) in [5.74, 6) is 0.796. The molecule has 0 fully saturated rings. The van der Waals surface area contributed by atoms with Gasteiger partial charge in [0, 0.05) is 24.8 Å². The van der Waals surface area contributed by atoms with Crippen LogP contribution in [-0.2, 0) is 16.8 Å². The van der Waals surface area contributed by atoms with Crippen LogP contribution in [0.25, 0.3) is 22.5 Å². The molecule has 0 atom stereocenters. The summed E-state index contributed by atoms with van der Waals surface area (Å²) < 4.78 is 5.33. The van der Waals surface area contributed by atoms with E-state index in [-0.39, 0.29) is 5.97 Å². The van der Waals surface area contributed by atoms with Gasteiger partial charge in [0.15, 0.2) is 5.54 Å². The Morgan fingerprint density at radius 3 is 1.85 bits per heavy atom. The van der Waals surface area contributed by atoms with E-state index >= 15 is 0 Å². The highest BCUT2D eigenvalue weighted by molar-refractivity contribution is 5.94. The molecule has 2 aromatic heterocycles. The predicted octanol–water partition coefficient (Wildman–Crippen LogP) is 8.84. The molecule has 0 aliphatic rings. The van der Waals surface area contributed by atoms with Crippen molar-refractivity contribution in [2.24, 2.45) is 0 Å². The molecule has 0 aliphatic carbocycles. The number of hydrogen-bond donors (Lipinski definition) is 0. The first-order valence-electron chi connectivity index (χ1n) is 17.7. The van der Waals surface area contributed by atoms with Gasteiger partial charge in [0.25, 0.3) is 0 Å². The largest absolute Gasteiger partial charge is 0.462 e. The standard InChI is InChI=1S/C44H40N6O2/c1-3-31-49(42-40(25-16-30-45-42)43(51)52-4-2)32-33-26-28-34(29-27-33)38-23-14-15-24-39(38)41-46-48-50(47-41)44(35-17-8-5-9-18-35,36-19-10-6-11-20-36)37-21-12-7-13-22-37/h5-30H,3-4,31-32H2,1-2H3. The van der Waals surface area contributed by atoms with Crippen LogP contribution in [0.1, 0.15) is 52.9 Å². The van der Waals surface area contributed by atoms with Crippen LogP contribution in [0.4, 0.5) is 5.82 Å². The van der Waals surface area contributed by atoms with Crippen molar-refractivity contribution in [2.45, 2.75) is 32.4 Å². The molecule has 52 heavy (non-hydrogen) atoms. The summed E-state index contributed by atoms with van der Waals surface area (Å²) in [6.45, 7) is 5.57. The summed E-state index contributed by atoms with van der Waals surface area (Å²) >= 11 is 0. The third-order valence-electron chi connectivity index (χ3n) is 9.17. The number of hydrogen-bond acceptors (Lipinski definition) is 7. The van der Waals surface area contributed by atoms with E-state index in [1.807, 2.05) is 79.7 Å². The number of aromatic nitrogens is 5. The molecule has 0 amide bonds. The normalized spacial score (nSPS) is 11.3. The zero-order valence-electron chi connectivity index (χ0n) is 29.3. The monoisotopic (exact) mass is 684 g/mol. The summed E-state index contributed by atoms with van der Waals surface area (Å²) in [6, 6.07) is 51.2. The van der Waals surface area contributed by atoms with Crippen molar-refractivity contribution in [3.05, 3.63) is 186 Å². The van der Waals surface area contributed by atoms with Crippen LogP contribution in [0.3, 0.4) is 0 Å². The van der Waals surface area contributed by atoms with Gasteiger partial charge in [-0.25, -0.2) is 9.78 Å². The average Bonchev–Trinajstić information content (AvgIpc) is 3.70. The maximum atomic E-state index is 12.7. The lowest BCUT2D eigenvalue weighted by atomic mass is 9.77. The number of ether oxygens (including phenoxy) is 1. The zero-order chi connectivity index (χ0) is 35.8. The fourth-order valence-corrected chi connectivity index (χ4v) is 6.84. The van der Waals surface area contributed by atoms with Gasteiger partial charge in [0.2, 0.25) is 5.82 Å². The van der Waals surface area contributed by atoms with E-state index in [1.54, 1.807) is 23.1 Å². The Balaban J connectivity index is 1.25.